The van der Waals surface area contributed by atoms with Crippen LogP contribution < -0.4 is 0 Å². The number of rotatable bonds is 3. The number of nitrogens with one attached hydrogen (secondary N) is 1. The minimum Gasteiger partial charge on any atom is -0.481 e. The molecule has 6 nitrogen and oxygen atoms in total. The van der Waals surface area contributed by atoms with Gasteiger partial charge >= 0.3 is 5.97 Å². The first-order chi connectivity index (χ1) is 8.59. The van der Waals surface area contributed by atoms with E-state index in [1.807, 2.05) is 6.92 Å². The van der Waals surface area contributed by atoms with Crippen LogP contribution in [0, 0.1) is 5.41 Å². The lowest BCUT2D eigenvalue weighted by Gasteiger charge is -2.39. The molecule has 1 aromatic rings. The SMILES string of the molecule is CCC1(C(=O)O)CCCN(C(=O)c2cn[nH]c2)C1. The molecule has 6 heteroatoms. The number of piperidine rings is 1. The molecule has 1 saturated heterocycles. The Kier molecular flexibility index (Phi) is 3.36. The second kappa shape index (κ2) is 4.80. The van der Waals surface area contributed by atoms with E-state index in [4.69, 9.17) is 0 Å². The standard InChI is InChI=1S/C12H17N3O3/c1-2-12(11(17)18)4-3-5-15(8-12)10(16)9-6-13-14-7-9/h6-7H,2-5,8H2,1H3,(H,13,14)(H,17,18). The van der Waals surface area contributed by atoms with Crippen molar-refractivity contribution in [3.05, 3.63) is 18.0 Å². The molecule has 1 aliphatic rings. The third-order valence-corrected chi connectivity index (χ3v) is 3.74. The van der Waals surface area contributed by atoms with Crippen molar-refractivity contribution in [1.29, 1.82) is 0 Å². The van der Waals surface area contributed by atoms with E-state index in [0.717, 1.165) is 6.42 Å². The van der Waals surface area contributed by atoms with Crippen LogP contribution in [0.1, 0.15) is 36.5 Å². The number of hydrogen-bond donors (Lipinski definition) is 2. The first kappa shape index (κ1) is 12.6. The van der Waals surface area contributed by atoms with E-state index in [-0.39, 0.29) is 12.5 Å². The molecule has 1 amide bonds. The van der Waals surface area contributed by atoms with Crippen LogP contribution >= 0.6 is 0 Å². The van der Waals surface area contributed by atoms with E-state index in [2.05, 4.69) is 10.2 Å². The molecule has 1 fully saturated rings. The lowest BCUT2D eigenvalue weighted by atomic mass is 9.77. The highest BCUT2D eigenvalue weighted by molar-refractivity contribution is 5.94. The fourth-order valence-electron chi connectivity index (χ4n) is 2.47. The normalized spacial score (nSPS) is 23.9. The van der Waals surface area contributed by atoms with Gasteiger partial charge in [-0.1, -0.05) is 6.92 Å². The minimum atomic E-state index is -0.810. The van der Waals surface area contributed by atoms with Crippen LogP contribution in [-0.2, 0) is 4.79 Å². The number of carboxylic acids is 1. The largest absolute Gasteiger partial charge is 0.481 e. The topological polar surface area (TPSA) is 86.3 Å². The van der Waals surface area contributed by atoms with E-state index in [1.165, 1.54) is 12.4 Å². The second-order valence-electron chi connectivity index (χ2n) is 4.76. The molecule has 1 aromatic heterocycles. The Hall–Kier alpha value is -1.85. The number of nitrogens with zero attached hydrogens (tertiary/aromatic N) is 2. The number of amides is 1. The van der Waals surface area contributed by atoms with Crippen LogP contribution in [0.5, 0.6) is 0 Å². The van der Waals surface area contributed by atoms with Crippen LogP contribution in [0.4, 0.5) is 0 Å². The average molecular weight is 251 g/mol. The number of H-pyrrole nitrogens is 1. The highest BCUT2D eigenvalue weighted by Gasteiger charge is 2.42. The summed E-state index contributed by atoms with van der Waals surface area (Å²) in [6.07, 6.45) is 4.89. The van der Waals surface area contributed by atoms with Gasteiger partial charge in [-0.3, -0.25) is 14.7 Å². The Morgan fingerprint density at radius 2 is 2.39 bits per heavy atom. The summed E-state index contributed by atoms with van der Waals surface area (Å²) in [5, 5.41) is 15.7. The maximum Gasteiger partial charge on any atom is 0.311 e. The number of aromatic amines is 1. The van der Waals surface area contributed by atoms with Gasteiger partial charge in [0, 0.05) is 19.3 Å². The molecule has 18 heavy (non-hydrogen) atoms. The van der Waals surface area contributed by atoms with Gasteiger partial charge in [-0.2, -0.15) is 5.10 Å². The summed E-state index contributed by atoms with van der Waals surface area (Å²) in [6, 6.07) is 0. The number of carboxylic acid groups (broad SMARTS) is 1. The predicted octanol–water partition coefficient (Wildman–Crippen LogP) is 1.13. The van der Waals surface area contributed by atoms with Gasteiger partial charge in [-0.15, -0.1) is 0 Å². The summed E-state index contributed by atoms with van der Waals surface area (Å²) in [5.74, 6) is -0.961. The molecule has 0 aliphatic carbocycles. The molecule has 0 radical (unpaired) electrons. The van der Waals surface area contributed by atoms with Gasteiger partial charge in [0.15, 0.2) is 0 Å². The molecule has 0 bridgehead atoms. The molecule has 2 rings (SSSR count). The van der Waals surface area contributed by atoms with Crippen molar-refractivity contribution < 1.29 is 14.7 Å². The molecule has 1 unspecified atom stereocenters. The Bertz CT molecular complexity index is 443. The van der Waals surface area contributed by atoms with Crippen LogP contribution in [-0.4, -0.2) is 45.2 Å². The van der Waals surface area contributed by atoms with Crippen molar-refractivity contribution in [3.63, 3.8) is 0 Å². The van der Waals surface area contributed by atoms with Gasteiger partial charge in [0.2, 0.25) is 0 Å². The number of carbonyl (C=O) groups is 2. The summed E-state index contributed by atoms with van der Waals surface area (Å²) in [4.78, 5) is 25.2. The number of aromatic nitrogens is 2. The molecule has 1 atom stereocenters. The summed E-state index contributed by atoms with van der Waals surface area (Å²) < 4.78 is 0. The lowest BCUT2D eigenvalue weighted by molar-refractivity contribution is -0.152. The van der Waals surface area contributed by atoms with Crippen LogP contribution in [0.25, 0.3) is 0 Å². The van der Waals surface area contributed by atoms with E-state index in [0.29, 0.717) is 24.9 Å². The van der Waals surface area contributed by atoms with E-state index in [1.54, 1.807) is 4.90 Å². The summed E-state index contributed by atoms with van der Waals surface area (Å²) in [7, 11) is 0. The molecule has 0 spiro atoms. The Morgan fingerprint density at radius 3 is 2.94 bits per heavy atom. The van der Waals surface area contributed by atoms with Crippen LogP contribution in [0.2, 0.25) is 0 Å². The van der Waals surface area contributed by atoms with Gasteiger partial charge in [0.1, 0.15) is 0 Å². The molecule has 2 N–H and O–H groups in total. The molecular formula is C12H17N3O3. The Labute approximate surface area is 105 Å². The van der Waals surface area contributed by atoms with E-state index in [9.17, 15) is 14.7 Å². The fourth-order valence-corrected chi connectivity index (χ4v) is 2.47. The van der Waals surface area contributed by atoms with Crippen molar-refractivity contribution in [2.45, 2.75) is 26.2 Å². The van der Waals surface area contributed by atoms with Crippen molar-refractivity contribution in [1.82, 2.24) is 15.1 Å². The highest BCUT2D eigenvalue weighted by atomic mass is 16.4. The maximum absolute atomic E-state index is 12.2. The summed E-state index contributed by atoms with van der Waals surface area (Å²) in [6.45, 7) is 2.75. The zero-order valence-corrected chi connectivity index (χ0v) is 10.3. The minimum absolute atomic E-state index is 0.150. The van der Waals surface area contributed by atoms with Crippen molar-refractivity contribution in [2.75, 3.05) is 13.1 Å². The Morgan fingerprint density at radius 1 is 1.61 bits per heavy atom. The van der Waals surface area contributed by atoms with Crippen LogP contribution in [0.3, 0.4) is 0 Å². The average Bonchev–Trinajstić information content (AvgIpc) is 2.91. The second-order valence-corrected chi connectivity index (χ2v) is 4.76. The zero-order valence-electron chi connectivity index (χ0n) is 10.3. The number of carbonyl (C=O) groups excluding carboxylic acids is 1. The number of hydrogen-bond acceptors (Lipinski definition) is 3. The molecular weight excluding hydrogens is 234 g/mol. The molecule has 0 saturated carbocycles. The lowest BCUT2D eigenvalue weighted by Crippen LogP contribution is -2.49. The highest BCUT2D eigenvalue weighted by Crippen LogP contribution is 2.34. The van der Waals surface area contributed by atoms with Crippen LogP contribution in [0.15, 0.2) is 12.4 Å². The predicted molar refractivity (Wildman–Crippen MR) is 64.1 cm³/mol. The molecule has 0 aromatic carbocycles. The van der Waals surface area contributed by atoms with Gasteiger partial charge in [-0.05, 0) is 19.3 Å². The zero-order chi connectivity index (χ0) is 13.2. The third-order valence-electron chi connectivity index (χ3n) is 3.74. The number of likely N-dealkylation sites (tertiary alicyclic amines) is 1. The van der Waals surface area contributed by atoms with E-state index >= 15 is 0 Å². The van der Waals surface area contributed by atoms with Crippen molar-refractivity contribution >= 4 is 11.9 Å². The Balaban J connectivity index is 2.16. The fraction of sp³-hybridized carbons (Fsp3) is 0.583. The molecule has 1 aliphatic heterocycles. The first-order valence-corrected chi connectivity index (χ1v) is 6.10. The third kappa shape index (κ3) is 2.10. The molecule has 98 valence electrons. The maximum atomic E-state index is 12.2. The molecule has 2 heterocycles. The smallest absolute Gasteiger partial charge is 0.311 e. The van der Waals surface area contributed by atoms with Gasteiger partial charge in [-0.25, -0.2) is 0 Å². The van der Waals surface area contributed by atoms with E-state index < -0.39 is 11.4 Å². The summed E-state index contributed by atoms with van der Waals surface area (Å²) >= 11 is 0. The number of aliphatic carboxylic acids is 1. The van der Waals surface area contributed by atoms with Gasteiger partial charge < -0.3 is 10.0 Å². The van der Waals surface area contributed by atoms with Gasteiger partial charge in [0.05, 0.1) is 17.2 Å². The monoisotopic (exact) mass is 251 g/mol. The van der Waals surface area contributed by atoms with Crippen molar-refractivity contribution in [2.24, 2.45) is 5.41 Å². The first-order valence-electron chi connectivity index (χ1n) is 6.10. The summed E-state index contributed by atoms with van der Waals surface area (Å²) in [5.41, 5.74) is -0.315. The van der Waals surface area contributed by atoms with Gasteiger partial charge in [0.25, 0.3) is 5.91 Å². The quantitative estimate of drug-likeness (QED) is 0.843. The van der Waals surface area contributed by atoms with Crippen molar-refractivity contribution in [3.8, 4) is 0 Å².